The third-order valence-electron chi connectivity index (χ3n) is 9.09. The lowest BCUT2D eigenvalue weighted by Crippen LogP contribution is -2.54. The molecule has 28 heavy (non-hydrogen) atoms. The Morgan fingerprint density at radius 1 is 1.14 bits per heavy atom. The summed E-state index contributed by atoms with van der Waals surface area (Å²) in [7, 11) is 0. The molecule has 4 nitrogen and oxygen atoms in total. The SMILES string of the molecule is CC(=O)N[C@H]1[C@H](C)C[C@H]2[C@@H]3CC=C4C[C@@H](OC(C)=O)CC[C@]4(C)[C@H]3CC[C@@]21C. The molecule has 0 aromatic heterocycles. The maximum atomic E-state index is 11.8. The van der Waals surface area contributed by atoms with Crippen LogP contribution in [0.1, 0.15) is 79.6 Å². The van der Waals surface area contributed by atoms with E-state index in [0.717, 1.165) is 37.5 Å². The maximum Gasteiger partial charge on any atom is 0.302 e. The number of fused-ring (bicyclic) bond motifs is 5. The molecule has 8 atom stereocenters. The molecule has 0 aromatic carbocycles. The number of allylic oxidation sites excluding steroid dienone is 1. The second kappa shape index (κ2) is 6.88. The first-order valence-corrected chi connectivity index (χ1v) is 11.3. The zero-order valence-corrected chi connectivity index (χ0v) is 18.2. The van der Waals surface area contributed by atoms with Crippen LogP contribution >= 0.6 is 0 Å². The van der Waals surface area contributed by atoms with Gasteiger partial charge in [-0.3, -0.25) is 9.59 Å². The Balaban J connectivity index is 1.58. The number of carbonyl (C=O) groups excluding carboxylic acids is 2. The van der Waals surface area contributed by atoms with Crippen molar-refractivity contribution in [2.75, 3.05) is 0 Å². The van der Waals surface area contributed by atoms with Crippen LogP contribution in [0.4, 0.5) is 0 Å². The van der Waals surface area contributed by atoms with Gasteiger partial charge in [-0.15, -0.1) is 0 Å². The van der Waals surface area contributed by atoms with E-state index in [4.69, 9.17) is 4.74 Å². The maximum absolute atomic E-state index is 11.8. The molecule has 0 heterocycles. The summed E-state index contributed by atoms with van der Waals surface area (Å²) >= 11 is 0. The van der Waals surface area contributed by atoms with Crippen molar-refractivity contribution in [3.05, 3.63) is 11.6 Å². The second-order valence-electron chi connectivity index (χ2n) is 10.7. The molecule has 156 valence electrons. The fraction of sp³-hybridized carbons (Fsp3) is 0.833. The van der Waals surface area contributed by atoms with Gasteiger partial charge in [0.25, 0.3) is 0 Å². The lowest BCUT2D eigenvalue weighted by Gasteiger charge is -2.58. The predicted octanol–water partition coefficient (Wildman–Crippen LogP) is 4.63. The molecule has 0 spiro atoms. The Kier molecular flexibility index (Phi) is 4.91. The third-order valence-corrected chi connectivity index (χ3v) is 9.09. The van der Waals surface area contributed by atoms with Crippen LogP contribution in [-0.4, -0.2) is 24.0 Å². The molecule has 0 saturated heterocycles. The molecule has 4 heteroatoms. The number of esters is 1. The third kappa shape index (κ3) is 3.02. The number of hydrogen-bond donors (Lipinski definition) is 1. The summed E-state index contributed by atoms with van der Waals surface area (Å²) in [6.07, 6.45) is 10.5. The van der Waals surface area contributed by atoms with Crippen molar-refractivity contribution in [2.45, 2.75) is 91.7 Å². The average molecular weight is 388 g/mol. The highest BCUT2D eigenvalue weighted by Crippen LogP contribution is 2.65. The minimum Gasteiger partial charge on any atom is -0.462 e. The molecular weight excluding hydrogens is 350 g/mol. The number of amides is 1. The number of ether oxygens (including phenoxy) is 1. The molecule has 3 fully saturated rings. The van der Waals surface area contributed by atoms with Gasteiger partial charge in [0.2, 0.25) is 5.91 Å². The van der Waals surface area contributed by atoms with Gasteiger partial charge in [-0.25, -0.2) is 0 Å². The van der Waals surface area contributed by atoms with Crippen molar-refractivity contribution in [3.63, 3.8) is 0 Å². The summed E-state index contributed by atoms with van der Waals surface area (Å²) in [6.45, 7) is 10.4. The molecule has 4 aliphatic carbocycles. The lowest BCUT2D eigenvalue weighted by atomic mass is 9.48. The fourth-order valence-corrected chi connectivity index (χ4v) is 7.85. The van der Waals surface area contributed by atoms with Crippen LogP contribution in [-0.2, 0) is 14.3 Å². The van der Waals surface area contributed by atoms with E-state index in [1.165, 1.54) is 26.2 Å². The molecule has 4 rings (SSSR count). The van der Waals surface area contributed by atoms with E-state index in [0.29, 0.717) is 17.9 Å². The van der Waals surface area contributed by atoms with Crippen LogP contribution in [0.2, 0.25) is 0 Å². The normalized spacial score (nSPS) is 47.2. The zero-order valence-electron chi connectivity index (χ0n) is 18.2. The van der Waals surface area contributed by atoms with Crippen molar-refractivity contribution < 1.29 is 14.3 Å². The quantitative estimate of drug-likeness (QED) is 0.555. The fourth-order valence-electron chi connectivity index (χ4n) is 7.85. The molecule has 0 aliphatic heterocycles. The van der Waals surface area contributed by atoms with E-state index in [9.17, 15) is 9.59 Å². The Morgan fingerprint density at radius 3 is 2.57 bits per heavy atom. The molecule has 0 bridgehead atoms. The molecule has 0 aromatic rings. The first-order valence-electron chi connectivity index (χ1n) is 11.3. The topological polar surface area (TPSA) is 55.4 Å². The van der Waals surface area contributed by atoms with Gasteiger partial charge in [0.05, 0.1) is 0 Å². The average Bonchev–Trinajstić information content (AvgIpc) is 2.85. The first-order chi connectivity index (χ1) is 13.1. The van der Waals surface area contributed by atoms with Crippen molar-refractivity contribution in [1.82, 2.24) is 5.32 Å². The van der Waals surface area contributed by atoms with E-state index in [2.05, 4.69) is 32.2 Å². The number of rotatable bonds is 2. The van der Waals surface area contributed by atoms with Crippen molar-refractivity contribution >= 4 is 11.9 Å². The standard InChI is InChI=1S/C24H37NO3/c1-14-12-21-19-7-6-17-13-18(28-16(3)27)8-10-23(17,4)20(19)9-11-24(21,5)22(14)25-15(2)26/h6,14,18-22H,7-13H2,1-5H3,(H,25,26)/t14-,18+,19-,20+,21+,22+,23+,24+/m1/s1. The van der Waals surface area contributed by atoms with Crippen molar-refractivity contribution in [3.8, 4) is 0 Å². The Bertz CT molecular complexity index is 700. The van der Waals surface area contributed by atoms with Crippen LogP contribution in [0.5, 0.6) is 0 Å². The van der Waals surface area contributed by atoms with Gasteiger partial charge in [-0.2, -0.15) is 0 Å². The summed E-state index contributed by atoms with van der Waals surface area (Å²) in [5.74, 6) is 2.66. The highest BCUT2D eigenvalue weighted by molar-refractivity contribution is 5.73. The summed E-state index contributed by atoms with van der Waals surface area (Å²) in [4.78, 5) is 23.2. The van der Waals surface area contributed by atoms with Crippen LogP contribution in [0.25, 0.3) is 0 Å². The number of hydrogen-bond acceptors (Lipinski definition) is 3. The van der Waals surface area contributed by atoms with Gasteiger partial charge in [0, 0.05) is 26.3 Å². The first kappa shape index (κ1) is 20.0. The van der Waals surface area contributed by atoms with Gasteiger partial charge >= 0.3 is 5.97 Å². The molecule has 0 radical (unpaired) electrons. The zero-order chi connectivity index (χ0) is 20.3. The van der Waals surface area contributed by atoms with E-state index in [-0.39, 0.29) is 28.8 Å². The van der Waals surface area contributed by atoms with Crippen LogP contribution in [0.3, 0.4) is 0 Å². The molecule has 1 N–H and O–H groups in total. The summed E-state index contributed by atoms with van der Waals surface area (Å²) < 4.78 is 5.55. The monoisotopic (exact) mass is 387 g/mol. The minimum absolute atomic E-state index is 0.0675. The molecule has 3 saturated carbocycles. The minimum atomic E-state index is -0.153. The van der Waals surface area contributed by atoms with E-state index >= 15 is 0 Å². The second-order valence-corrected chi connectivity index (χ2v) is 10.7. The molecule has 0 unspecified atom stereocenters. The highest BCUT2D eigenvalue weighted by atomic mass is 16.5. The van der Waals surface area contributed by atoms with Gasteiger partial charge in [-0.05, 0) is 73.0 Å². The summed E-state index contributed by atoms with van der Waals surface area (Å²) in [5.41, 5.74) is 2.03. The van der Waals surface area contributed by atoms with Gasteiger partial charge in [0.1, 0.15) is 6.10 Å². The van der Waals surface area contributed by atoms with Gasteiger partial charge in [0.15, 0.2) is 0 Å². The van der Waals surface area contributed by atoms with Crippen molar-refractivity contribution in [2.24, 2.45) is 34.5 Å². The highest BCUT2D eigenvalue weighted by Gasteiger charge is 2.60. The summed E-state index contributed by atoms with van der Waals surface area (Å²) in [6, 6.07) is 0.314. The Hall–Kier alpha value is -1.32. The van der Waals surface area contributed by atoms with E-state index in [1.807, 2.05) is 0 Å². The Labute approximate surface area is 169 Å². The lowest BCUT2D eigenvalue weighted by molar-refractivity contribution is -0.148. The summed E-state index contributed by atoms with van der Waals surface area (Å²) in [5, 5.41) is 3.31. The van der Waals surface area contributed by atoms with Crippen LogP contribution < -0.4 is 5.32 Å². The van der Waals surface area contributed by atoms with Crippen molar-refractivity contribution in [1.29, 1.82) is 0 Å². The van der Waals surface area contributed by atoms with Crippen LogP contribution in [0.15, 0.2) is 11.6 Å². The number of nitrogens with one attached hydrogen (secondary N) is 1. The van der Waals surface area contributed by atoms with E-state index in [1.54, 1.807) is 12.5 Å². The number of carbonyl (C=O) groups is 2. The van der Waals surface area contributed by atoms with Crippen LogP contribution in [0, 0.1) is 34.5 Å². The molecular formula is C24H37NO3. The van der Waals surface area contributed by atoms with Gasteiger partial charge < -0.3 is 10.1 Å². The molecule has 4 aliphatic rings. The predicted molar refractivity (Wildman–Crippen MR) is 109 cm³/mol. The smallest absolute Gasteiger partial charge is 0.302 e. The Morgan fingerprint density at radius 2 is 1.89 bits per heavy atom. The van der Waals surface area contributed by atoms with Gasteiger partial charge in [-0.1, -0.05) is 32.4 Å². The van der Waals surface area contributed by atoms with E-state index < -0.39 is 0 Å². The largest absolute Gasteiger partial charge is 0.462 e. The molecule has 1 amide bonds.